The third-order valence-corrected chi connectivity index (χ3v) is 2.50. The lowest BCUT2D eigenvalue weighted by atomic mass is 10.3. The second-order valence-electron chi connectivity index (χ2n) is 3.82. The first-order chi connectivity index (χ1) is 6.34. The molecule has 1 fully saturated rings. The Morgan fingerprint density at radius 1 is 1.31 bits per heavy atom. The molecule has 0 unspecified atom stereocenters. The quantitative estimate of drug-likeness (QED) is 0.571. The van der Waals surface area contributed by atoms with E-state index in [0.29, 0.717) is 0 Å². The average Bonchev–Trinajstić information content (AvgIpc) is 2.93. The highest BCUT2D eigenvalue weighted by Gasteiger charge is 2.25. The van der Waals surface area contributed by atoms with E-state index in [2.05, 4.69) is 11.9 Å². The molecule has 3 nitrogen and oxygen atoms in total. The van der Waals surface area contributed by atoms with Gasteiger partial charge in [0.2, 0.25) is 0 Å². The van der Waals surface area contributed by atoms with Crippen molar-refractivity contribution in [3.8, 4) is 0 Å². The molecule has 0 atom stereocenters. The van der Waals surface area contributed by atoms with Crippen molar-refractivity contribution in [2.45, 2.75) is 31.7 Å². The van der Waals surface area contributed by atoms with Gasteiger partial charge in [0.15, 0.2) is 0 Å². The Hall–Kier alpha value is -0.120. The van der Waals surface area contributed by atoms with Crippen LogP contribution in [0.2, 0.25) is 0 Å². The van der Waals surface area contributed by atoms with E-state index in [4.69, 9.17) is 10.5 Å². The van der Waals surface area contributed by atoms with Gasteiger partial charge < -0.3 is 15.4 Å². The molecule has 1 aliphatic rings. The van der Waals surface area contributed by atoms with Crippen LogP contribution in [0.15, 0.2) is 0 Å². The minimum Gasteiger partial charge on any atom is -0.380 e. The molecule has 0 aromatic rings. The summed E-state index contributed by atoms with van der Waals surface area (Å²) < 4.78 is 5.49. The van der Waals surface area contributed by atoms with E-state index in [1.807, 2.05) is 0 Å². The first kappa shape index (κ1) is 11.0. The fourth-order valence-corrected chi connectivity index (χ4v) is 1.36. The highest BCUT2D eigenvalue weighted by molar-refractivity contribution is 4.81. The predicted octanol–water partition coefficient (Wildman–Crippen LogP) is 0.836. The molecule has 0 amide bonds. The number of hydrogen-bond acceptors (Lipinski definition) is 3. The number of nitrogens with two attached hydrogens (primary N) is 1. The topological polar surface area (TPSA) is 38.5 Å². The molecule has 0 radical (unpaired) electrons. The SMILES string of the molecule is CN(CCOCCCCN)C1CC1. The lowest BCUT2D eigenvalue weighted by Crippen LogP contribution is -2.25. The van der Waals surface area contributed by atoms with Crippen LogP contribution < -0.4 is 5.73 Å². The fourth-order valence-electron chi connectivity index (χ4n) is 1.36. The number of unbranched alkanes of at least 4 members (excludes halogenated alkanes) is 1. The summed E-state index contributed by atoms with van der Waals surface area (Å²) in [5.74, 6) is 0. The van der Waals surface area contributed by atoms with Crippen molar-refractivity contribution in [1.82, 2.24) is 4.90 Å². The fraction of sp³-hybridized carbons (Fsp3) is 1.00. The van der Waals surface area contributed by atoms with E-state index < -0.39 is 0 Å². The molecule has 3 heteroatoms. The van der Waals surface area contributed by atoms with Gasteiger partial charge in [-0.25, -0.2) is 0 Å². The van der Waals surface area contributed by atoms with Crippen LogP contribution in [0.3, 0.4) is 0 Å². The maximum atomic E-state index is 5.49. The molecule has 13 heavy (non-hydrogen) atoms. The number of ether oxygens (including phenoxy) is 1. The van der Waals surface area contributed by atoms with Crippen molar-refractivity contribution >= 4 is 0 Å². The summed E-state index contributed by atoms with van der Waals surface area (Å²) in [5.41, 5.74) is 5.38. The lowest BCUT2D eigenvalue weighted by Gasteiger charge is -2.15. The summed E-state index contributed by atoms with van der Waals surface area (Å²) in [5, 5.41) is 0. The third kappa shape index (κ3) is 5.24. The summed E-state index contributed by atoms with van der Waals surface area (Å²) in [7, 11) is 2.18. The van der Waals surface area contributed by atoms with Gasteiger partial charge in [-0.3, -0.25) is 0 Å². The van der Waals surface area contributed by atoms with Crippen LogP contribution in [0, 0.1) is 0 Å². The summed E-state index contributed by atoms with van der Waals surface area (Å²) in [6.07, 6.45) is 4.94. The molecule has 0 saturated heterocycles. The smallest absolute Gasteiger partial charge is 0.0593 e. The van der Waals surface area contributed by atoms with Crippen LogP contribution in [-0.4, -0.2) is 44.3 Å². The molecular weight excluding hydrogens is 164 g/mol. The van der Waals surface area contributed by atoms with E-state index in [9.17, 15) is 0 Å². The third-order valence-electron chi connectivity index (χ3n) is 2.50. The van der Waals surface area contributed by atoms with E-state index >= 15 is 0 Å². The Bertz CT molecular complexity index is 126. The zero-order chi connectivity index (χ0) is 9.52. The van der Waals surface area contributed by atoms with Gasteiger partial charge in [-0.15, -0.1) is 0 Å². The minimum atomic E-state index is 0.783. The van der Waals surface area contributed by atoms with Gasteiger partial charge in [0.05, 0.1) is 6.61 Å². The molecule has 78 valence electrons. The van der Waals surface area contributed by atoms with E-state index in [-0.39, 0.29) is 0 Å². The standard InChI is InChI=1S/C10H22N2O/c1-12(10-4-5-10)7-9-13-8-3-2-6-11/h10H,2-9,11H2,1H3. The first-order valence-electron chi connectivity index (χ1n) is 5.32. The molecule has 2 N–H and O–H groups in total. The van der Waals surface area contributed by atoms with Crippen LogP contribution in [0.1, 0.15) is 25.7 Å². The van der Waals surface area contributed by atoms with Crippen LogP contribution in [0.5, 0.6) is 0 Å². The molecule has 1 rings (SSSR count). The molecule has 0 aromatic heterocycles. The number of hydrogen-bond donors (Lipinski definition) is 1. The second-order valence-corrected chi connectivity index (χ2v) is 3.82. The van der Waals surface area contributed by atoms with Gasteiger partial charge in [-0.1, -0.05) is 0 Å². The summed E-state index contributed by atoms with van der Waals surface area (Å²) in [6, 6.07) is 0.854. The second kappa shape index (κ2) is 6.35. The molecule has 1 aliphatic carbocycles. The normalized spacial score (nSPS) is 16.8. The molecule has 0 bridgehead atoms. The van der Waals surface area contributed by atoms with Crippen molar-refractivity contribution in [2.24, 2.45) is 5.73 Å². The monoisotopic (exact) mass is 186 g/mol. The summed E-state index contributed by atoms with van der Waals surface area (Å²) in [6.45, 7) is 3.60. The highest BCUT2D eigenvalue weighted by atomic mass is 16.5. The zero-order valence-corrected chi connectivity index (χ0v) is 8.67. The summed E-state index contributed by atoms with van der Waals surface area (Å²) in [4.78, 5) is 2.39. The van der Waals surface area contributed by atoms with Gasteiger partial charge in [-0.05, 0) is 39.3 Å². The van der Waals surface area contributed by atoms with E-state index in [0.717, 1.165) is 45.2 Å². The molecule has 0 heterocycles. The first-order valence-corrected chi connectivity index (χ1v) is 5.32. The van der Waals surface area contributed by atoms with Gasteiger partial charge >= 0.3 is 0 Å². The Morgan fingerprint density at radius 2 is 2.08 bits per heavy atom. The molecular formula is C10H22N2O. The van der Waals surface area contributed by atoms with Gasteiger partial charge in [-0.2, -0.15) is 0 Å². The van der Waals surface area contributed by atoms with Crippen molar-refractivity contribution in [2.75, 3.05) is 33.4 Å². The maximum absolute atomic E-state index is 5.49. The van der Waals surface area contributed by atoms with Crippen molar-refractivity contribution in [3.05, 3.63) is 0 Å². The largest absolute Gasteiger partial charge is 0.380 e. The van der Waals surface area contributed by atoms with E-state index in [1.165, 1.54) is 12.8 Å². The molecule has 0 aliphatic heterocycles. The van der Waals surface area contributed by atoms with Crippen LogP contribution >= 0.6 is 0 Å². The Kier molecular flexibility index (Phi) is 5.35. The zero-order valence-electron chi connectivity index (χ0n) is 8.67. The van der Waals surface area contributed by atoms with Crippen molar-refractivity contribution < 1.29 is 4.74 Å². The Balaban J connectivity index is 1.77. The van der Waals surface area contributed by atoms with Crippen molar-refractivity contribution in [3.63, 3.8) is 0 Å². The summed E-state index contributed by atoms with van der Waals surface area (Å²) >= 11 is 0. The Labute approximate surface area is 81.2 Å². The molecule has 0 spiro atoms. The number of likely N-dealkylation sites (N-methyl/N-ethyl adjacent to an activating group) is 1. The maximum Gasteiger partial charge on any atom is 0.0593 e. The van der Waals surface area contributed by atoms with Crippen LogP contribution in [0.25, 0.3) is 0 Å². The van der Waals surface area contributed by atoms with Crippen LogP contribution in [0.4, 0.5) is 0 Å². The Morgan fingerprint density at radius 3 is 2.69 bits per heavy atom. The number of rotatable bonds is 8. The minimum absolute atomic E-state index is 0.783. The molecule has 0 aromatic carbocycles. The predicted molar refractivity (Wildman–Crippen MR) is 54.8 cm³/mol. The van der Waals surface area contributed by atoms with E-state index in [1.54, 1.807) is 0 Å². The number of nitrogens with zero attached hydrogens (tertiary/aromatic N) is 1. The van der Waals surface area contributed by atoms with Gasteiger partial charge in [0.25, 0.3) is 0 Å². The van der Waals surface area contributed by atoms with Crippen LogP contribution in [-0.2, 0) is 4.74 Å². The lowest BCUT2D eigenvalue weighted by molar-refractivity contribution is 0.107. The average molecular weight is 186 g/mol. The van der Waals surface area contributed by atoms with Crippen molar-refractivity contribution in [1.29, 1.82) is 0 Å². The highest BCUT2D eigenvalue weighted by Crippen LogP contribution is 2.24. The molecule has 1 saturated carbocycles. The van der Waals surface area contributed by atoms with Gasteiger partial charge in [0, 0.05) is 19.2 Å². The van der Waals surface area contributed by atoms with Gasteiger partial charge in [0.1, 0.15) is 0 Å².